The molecule has 1 aliphatic heterocycles. The number of alkyl halides is 3. The molecular formula is C15H21F3N2O. The quantitative estimate of drug-likeness (QED) is 0.908. The van der Waals surface area contributed by atoms with Crippen molar-refractivity contribution < 1.29 is 17.9 Å². The molecule has 1 saturated heterocycles. The molecule has 2 N–H and O–H groups in total. The van der Waals surface area contributed by atoms with E-state index in [0.717, 1.165) is 25.5 Å². The maximum absolute atomic E-state index is 12.9. The molecule has 1 aromatic carbocycles. The molecule has 21 heavy (non-hydrogen) atoms. The van der Waals surface area contributed by atoms with Crippen LogP contribution in [0.25, 0.3) is 0 Å². The van der Waals surface area contributed by atoms with E-state index in [9.17, 15) is 13.2 Å². The van der Waals surface area contributed by atoms with E-state index in [1.807, 2.05) is 0 Å². The van der Waals surface area contributed by atoms with E-state index in [4.69, 9.17) is 10.5 Å². The average molecular weight is 302 g/mol. The van der Waals surface area contributed by atoms with Crippen LogP contribution in [-0.2, 0) is 12.7 Å². The molecule has 1 atom stereocenters. The Bertz CT molecular complexity index is 476. The van der Waals surface area contributed by atoms with Gasteiger partial charge in [0.1, 0.15) is 5.75 Å². The van der Waals surface area contributed by atoms with Crippen molar-refractivity contribution in [3.05, 3.63) is 29.3 Å². The van der Waals surface area contributed by atoms with Crippen molar-refractivity contribution in [2.24, 2.45) is 5.73 Å². The molecule has 1 fully saturated rings. The molecule has 0 saturated carbocycles. The van der Waals surface area contributed by atoms with E-state index in [1.54, 1.807) is 6.07 Å². The van der Waals surface area contributed by atoms with Crippen LogP contribution >= 0.6 is 0 Å². The average Bonchev–Trinajstić information content (AvgIpc) is 2.83. The molecule has 0 aromatic heterocycles. The highest BCUT2D eigenvalue weighted by atomic mass is 19.4. The lowest BCUT2D eigenvalue weighted by Gasteiger charge is -2.19. The maximum Gasteiger partial charge on any atom is 0.416 e. The minimum absolute atomic E-state index is 0.0883. The summed E-state index contributed by atoms with van der Waals surface area (Å²) in [4.78, 5) is 2.27. The van der Waals surface area contributed by atoms with Crippen molar-refractivity contribution in [3.63, 3.8) is 0 Å². The molecule has 118 valence electrons. The van der Waals surface area contributed by atoms with Gasteiger partial charge < -0.3 is 15.4 Å². The lowest BCUT2D eigenvalue weighted by Crippen LogP contribution is -2.26. The summed E-state index contributed by atoms with van der Waals surface area (Å²) in [6.45, 7) is 1.37. The highest BCUT2D eigenvalue weighted by Gasteiger charge is 2.33. The summed E-state index contributed by atoms with van der Waals surface area (Å²) in [7, 11) is 2.06. The van der Waals surface area contributed by atoms with Gasteiger partial charge in [-0.2, -0.15) is 13.2 Å². The first-order valence-corrected chi connectivity index (χ1v) is 7.15. The minimum Gasteiger partial charge on any atom is -0.494 e. The van der Waals surface area contributed by atoms with E-state index in [2.05, 4.69) is 11.9 Å². The van der Waals surface area contributed by atoms with Crippen LogP contribution in [0.2, 0.25) is 0 Å². The second kappa shape index (κ2) is 6.66. The fraction of sp³-hybridized carbons (Fsp3) is 0.600. The number of hydrogen-bond donors (Lipinski definition) is 1. The third kappa shape index (κ3) is 4.11. The van der Waals surface area contributed by atoms with Crippen molar-refractivity contribution in [1.29, 1.82) is 0 Å². The normalized spacial score (nSPS) is 20.0. The molecule has 1 aliphatic rings. The van der Waals surface area contributed by atoms with Gasteiger partial charge in [0.2, 0.25) is 0 Å². The summed E-state index contributed by atoms with van der Waals surface area (Å²) < 4.78 is 44.2. The van der Waals surface area contributed by atoms with E-state index >= 15 is 0 Å². The number of rotatable bonds is 5. The van der Waals surface area contributed by atoms with Crippen LogP contribution in [0.4, 0.5) is 13.2 Å². The summed E-state index contributed by atoms with van der Waals surface area (Å²) in [5, 5.41) is 0. The molecule has 1 unspecified atom stereocenters. The van der Waals surface area contributed by atoms with E-state index in [1.165, 1.54) is 12.5 Å². The van der Waals surface area contributed by atoms with Crippen molar-refractivity contribution in [2.75, 3.05) is 20.2 Å². The Labute approximate surface area is 122 Å². The second-order valence-corrected chi connectivity index (χ2v) is 5.43. The van der Waals surface area contributed by atoms with Crippen LogP contribution in [-0.4, -0.2) is 31.1 Å². The molecule has 2 rings (SSSR count). The number of benzene rings is 1. The van der Waals surface area contributed by atoms with Crippen molar-refractivity contribution >= 4 is 0 Å². The molecule has 0 aliphatic carbocycles. The Morgan fingerprint density at radius 2 is 2.14 bits per heavy atom. The molecular weight excluding hydrogens is 281 g/mol. The number of nitrogens with two attached hydrogens (primary N) is 1. The SMILES string of the molecule is CN1CCCC1CCOc1ccc(CN)c(C(F)(F)F)c1. The Morgan fingerprint density at radius 1 is 1.38 bits per heavy atom. The van der Waals surface area contributed by atoms with Gasteiger partial charge in [-0.25, -0.2) is 0 Å². The van der Waals surface area contributed by atoms with Crippen molar-refractivity contribution in [3.8, 4) is 5.75 Å². The monoisotopic (exact) mass is 302 g/mol. The van der Waals surface area contributed by atoms with E-state index in [-0.39, 0.29) is 17.9 Å². The highest BCUT2D eigenvalue weighted by Crippen LogP contribution is 2.34. The summed E-state index contributed by atoms with van der Waals surface area (Å²) in [5.74, 6) is 0.250. The van der Waals surface area contributed by atoms with Gasteiger partial charge in [-0.05, 0) is 50.6 Å². The fourth-order valence-electron chi connectivity index (χ4n) is 2.74. The molecule has 0 bridgehead atoms. The summed E-state index contributed by atoms with van der Waals surface area (Å²) in [6, 6.07) is 4.45. The van der Waals surface area contributed by atoms with Gasteiger partial charge in [-0.1, -0.05) is 6.07 Å². The van der Waals surface area contributed by atoms with Gasteiger partial charge in [0.05, 0.1) is 12.2 Å². The number of hydrogen-bond acceptors (Lipinski definition) is 3. The maximum atomic E-state index is 12.9. The van der Waals surface area contributed by atoms with Crippen LogP contribution in [0, 0.1) is 0 Å². The number of halogens is 3. The van der Waals surface area contributed by atoms with Crippen LogP contribution in [0.15, 0.2) is 18.2 Å². The van der Waals surface area contributed by atoms with E-state index in [0.29, 0.717) is 12.6 Å². The van der Waals surface area contributed by atoms with Crippen LogP contribution in [0.5, 0.6) is 5.75 Å². The summed E-state index contributed by atoms with van der Waals surface area (Å²) in [5.41, 5.74) is 4.73. The standard InChI is InChI=1S/C15H21F3N2O/c1-20-7-2-3-12(20)6-8-21-13-5-4-11(10-19)14(9-13)15(16,17)18/h4-5,9,12H,2-3,6-8,10,19H2,1H3. The molecule has 0 amide bonds. The molecule has 0 radical (unpaired) electrons. The largest absolute Gasteiger partial charge is 0.494 e. The predicted molar refractivity (Wildman–Crippen MR) is 75.1 cm³/mol. The van der Waals surface area contributed by atoms with Gasteiger partial charge in [0, 0.05) is 12.6 Å². The molecule has 6 heteroatoms. The third-order valence-electron chi connectivity index (χ3n) is 4.00. The first kappa shape index (κ1) is 16.1. The van der Waals surface area contributed by atoms with Crippen molar-refractivity contribution in [2.45, 2.75) is 38.0 Å². The topological polar surface area (TPSA) is 38.5 Å². The Balaban J connectivity index is 1.97. The van der Waals surface area contributed by atoms with Crippen LogP contribution in [0.3, 0.4) is 0 Å². The van der Waals surface area contributed by atoms with E-state index < -0.39 is 11.7 Å². The Morgan fingerprint density at radius 3 is 2.71 bits per heavy atom. The highest BCUT2D eigenvalue weighted by molar-refractivity contribution is 5.37. The zero-order chi connectivity index (χ0) is 15.5. The predicted octanol–water partition coefficient (Wildman–Crippen LogP) is 3.03. The van der Waals surface area contributed by atoms with Crippen molar-refractivity contribution in [1.82, 2.24) is 4.90 Å². The third-order valence-corrected chi connectivity index (χ3v) is 4.00. The number of ether oxygens (including phenoxy) is 1. The summed E-state index contributed by atoms with van der Waals surface area (Å²) in [6.07, 6.45) is -1.28. The number of likely N-dealkylation sites (tertiary alicyclic amines) is 1. The van der Waals surface area contributed by atoms with Gasteiger partial charge in [-0.3, -0.25) is 0 Å². The lowest BCUT2D eigenvalue weighted by molar-refractivity contribution is -0.138. The lowest BCUT2D eigenvalue weighted by atomic mass is 10.1. The molecule has 1 heterocycles. The smallest absolute Gasteiger partial charge is 0.416 e. The minimum atomic E-state index is -4.40. The van der Waals surface area contributed by atoms with Gasteiger partial charge in [0.15, 0.2) is 0 Å². The first-order chi connectivity index (χ1) is 9.91. The van der Waals surface area contributed by atoms with Crippen LogP contribution < -0.4 is 10.5 Å². The van der Waals surface area contributed by atoms with Gasteiger partial charge in [-0.15, -0.1) is 0 Å². The zero-order valence-electron chi connectivity index (χ0n) is 12.1. The van der Waals surface area contributed by atoms with Crippen LogP contribution in [0.1, 0.15) is 30.4 Å². The second-order valence-electron chi connectivity index (χ2n) is 5.43. The zero-order valence-corrected chi connectivity index (χ0v) is 12.1. The van der Waals surface area contributed by atoms with Gasteiger partial charge in [0.25, 0.3) is 0 Å². The molecule has 3 nitrogen and oxygen atoms in total. The molecule has 0 spiro atoms. The first-order valence-electron chi connectivity index (χ1n) is 7.15. The fourth-order valence-corrected chi connectivity index (χ4v) is 2.74. The number of nitrogens with zero attached hydrogens (tertiary/aromatic N) is 1. The molecule has 1 aromatic rings. The Hall–Kier alpha value is -1.27. The van der Waals surface area contributed by atoms with Gasteiger partial charge >= 0.3 is 6.18 Å². The summed E-state index contributed by atoms with van der Waals surface area (Å²) >= 11 is 0. The Kier molecular flexibility index (Phi) is 5.11.